The highest BCUT2D eigenvalue weighted by Gasteiger charge is 2.15. The number of nitrogens with zero attached hydrogens (tertiary/aromatic N) is 1. The zero-order chi connectivity index (χ0) is 35.1. The fourth-order valence-corrected chi connectivity index (χ4v) is 8.04. The largest absolute Gasteiger partial charge is 0.311 e. The molecule has 0 spiro atoms. The summed E-state index contributed by atoms with van der Waals surface area (Å²) in [6.45, 7) is 0. The molecule has 0 aliphatic heterocycles. The number of para-hydroxylation sites is 1. The van der Waals surface area contributed by atoms with Gasteiger partial charge in [0.15, 0.2) is 0 Å². The maximum atomic E-state index is 2.35. The van der Waals surface area contributed by atoms with Crippen LogP contribution in [0.5, 0.6) is 0 Å². The normalized spacial score (nSPS) is 11.4. The molecule has 0 saturated heterocycles. The molecule has 10 aromatic carbocycles. The van der Waals surface area contributed by atoms with Crippen molar-refractivity contribution >= 4 is 60.2 Å². The van der Waals surface area contributed by atoms with Crippen molar-refractivity contribution < 1.29 is 0 Å². The Kier molecular flexibility index (Phi) is 7.55. The highest BCUT2D eigenvalue weighted by molar-refractivity contribution is 6.17. The molecule has 0 saturated carbocycles. The third-order valence-electron chi connectivity index (χ3n) is 10.7. The van der Waals surface area contributed by atoms with Crippen LogP contribution in [0.3, 0.4) is 0 Å². The van der Waals surface area contributed by atoms with Gasteiger partial charge in [0.1, 0.15) is 0 Å². The van der Waals surface area contributed by atoms with Gasteiger partial charge in [0.05, 0.1) is 0 Å². The minimum absolute atomic E-state index is 1.11. The Morgan fingerprint density at radius 1 is 0.226 bits per heavy atom. The van der Waals surface area contributed by atoms with Crippen molar-refractivity contribution in [3.63, 3.8) is 0 Å². The summed E-state index contributed by atoms with van der Waals surface area (Å²) in [5.41, 5.74) is 10.7. The van der Waals surface area contributed by atoms with Crippen molar-refractivity contribution in [2.24, 2.45) is 0 Å². The van der Waals surface area contributed by atoms with Gasteiger partial charge in [0, 0.05) is 17.1 Å². The summed E-state index contributed by atoms with van der Waals surface area (Å²) >= 11 is 0. The van der Waals surface area contributed by atoms with Crippen LogP contribution in [0.4, 0.5) is 17.1 Å². The predicted octanol–water partition coefficient (Wildman–Crippen LogP) is 14.8. The third-order valence-corrected chi connectivity index (χ3v) is 10.7. The molecule has 1 heteroatoms. The van der Waals surface area contributed by atoms with Crippen molar-refractivity contribution in [1.82, 2.24) is 0 Å². The van der Waals surface area contributed by atoms with Gasteiger partial charge in [-0.05, 0) is 119 Å². The van der Waals surface area contributed by atoms with E-state index in [0.717, 1.165) is 17.1 Å². The standard InChI is InChI=1S/C52H35N/c1-3-11-37(12-4-1)46-33-34-47(49-18-10-9-17-48(46)49)39-23-29-44(30-24-39)53(42-14-5-2-6-15-42)43-27-21-36(22-28-43)41-20-19-40-26-31-50-45-16-8-7-13-38(45)25-32-51(50)52(40)35-41/h1-35H. The molecule has 10 aromatic rings. The quantitative estimate of drug-likeness (QED) is 0.159. The van der Waals surface area contributed by atoms with Crippen molar-refractivity contribution in [3.8, 4) is 33.4 Å². The maximum Gasteiger partial charge on any atom is 0.0462 e. The molecular formula is C52H35N. The van der Waals surface area contributed by atoms with Gasteiger partial charge in [0.25, 0.3) is 0 Å². The number of hydrogen-bond acceptors (Lipinski definition) is 1. The molecule has 0 radical (unpaired) electrons. The highest BCUT2D eigenvalue weighted by atomic mass is 15.1. The predicted molar refractivity (Wildman–Crippen MR) is 227 cm³/mol. The average Bonchev–Trinajstić information content (AvgIpc) is 3.24. The molecular weight excluding hydrogens is 639 g/mol. The van der Waals surface area contributed by atoms with Crippen LogP contribution in [0.25, 0.3) is 76.5 Å². The minimum atomic E-state index is 1.11. The monoisotopic (exact) mass is 673 g/mol. The molecule has 10 rings (SSSR count). The molecule has 0 aliphatic rings. The summed E-state index contributed by atoms with van der Waals surface area (Å²) in [5, 5.41) is 10.2. The van der Waals surface area contributed by atoms with E-state index in [1.165, 1.54) is 76.5 Å². The van der Waals surface area contributed by atoms with Crippen LogP contribution in [0, 0.1) is 0 Å². The van der Waals surface area contributed by atoms with Gasteiger partial charge < -0.3 is 4.90 Å². The summed E-state index contributed by atoms with van der Waals surface area (Å²) in [6.07, 6.45) is 0. The Morgan fingerprint density at radius 2 is 0.660 bits per heavy atom. The van der Waals surface area contributed by atoms with Crippen LogP contribution in [-0.4, -0.2) is 0 Å². The van der Waals surface area contributed by atoms with Crippen LogP contribution in [-0.2, 0) is 0 Å². The zero-order valence-electron chi connectivity index (χ0n) is 29.2. The lowest BCUT2D eigenvalue weighted by molar-refractivity contribution is 1.28. The fraction of sp³-hybridized carbons (Fsp3) is 0. The first-order valence-corrected chi connectivity index (χ1v) is 18.3. The molecule has 0 aliphatic carbocycles. The van der Waals surface area contributed by atoms with E-state index in [1.54, 1.807) is 0 Å². The number of benzene rings is 10. The summed E-state index contributed by atoms with van der Waals surface area (Å²) in [6, 6.07) is 77.1. The smallest absolute Gasteiger partial charge is 0.0462 e. The molecule has 0 heterocycles. The van der Waals surface area contributed by atoms with Crippen molar-refractivity contribution in [2.45, 2.75) is 0 Å². The van der Waals surface area contributed by atoms with Crippen LogP contribution < -0.4 is 4.90 Å². The second kappa shape index (κ2) is 13.0. The zero-order valence-corrected chi connectivity index (χ0v) is 29.2. The highest BCUT2D eigenvalue weighted by Crippen LogP contribution is 2.40. The molecule has 0 atom stereocenters. The summed E-state index contributed by atoms with van der Waals surface area (Å²) in [7, 11) is 0. The van der Waals surface area contributed by atoms with Gasteiger partial charge in [0.2, 0.25) is 0 Å². The Morgan fingerprint density at radius 3 is 1.30 bits per heavy atom. The van der Waals surface area contributed by atoms with Crippen molar-refractivity contribution in [3.05, 3.63) is 212 Å². The molecule has 0 bridgehead atoms. The first-order chi connectivity index (χ1) is 26.3. The average molecular weight is 674 g/mol. The van der Waals surface area contributed by atoms with Crippen LogP contribution >= 0.6 is 0 Å². The van der Waals surface area contributed by atoms with E-state index in [1.807, 2.05) is 0 Å². The SMILES string of the molecule is c1ccc(-c2ccc(-c3ccc(N(c4ccccc4)c4ccc(-c5ccc6ccc7c8ccccc8ccc7c6c5)cc4)cc3)c3ccccc23)cc1. The van der Waals surface area contributed by atoms with E-state index in [2.05, 4.69) is 217 Å². The molecule has 248 valence electrons. The van der Waals surface area contributed by atoms with Gasteiger partial charge in [-0.3, -0.25) is 0 Å². The first kappa shape index (κ1) is 30.8. The molecule has 0 fully saturated rings. The number of fused-ring (bicyclic) bond motifs is 6. The Labute approximate surface area is 309 Å². The fourth-order valence-electron chi connectivity index (χ4n) is 8.04. The van der Waals surface area contributed by atoms with Gasteiger partial charge in [-0.1, -0.05) is 170 Å². The molecule has 53 heavy (non-hydrogen) atoms. The number of anilines is 3. The first-order valence-electron chi connectivity index (χ1n) is 18.3. The lowest BCUT2D eigenvalue weighted by Crippen LogP contribution is -2.09. The third kappa shape index (κ3) is 5.51. The van der Waals surface area contributed by atoms with Crippen molar-refractivity contribution in [1.29, 1.82) is 0 Å². The number of hydrogen-bond donors (Lipinski definition) is 0. The number of rotatable bonds is 6. The summed E-state index contributed by atoms with van der Waals surface area (Å²) < 4.78 is 0. The van der Waals surface area contributed by atoms with Gasteiger partial charge >= 0.3 is 0 Å². The van der Waals surface area contributed by atoms with E-state index in [-0.39, 0.29) is 0 Å². The van der Waals surface area contributed by atoms with Gasteiger partial charge in [-0.25, -0.2) is 0 Å². The van der Waals surface area contributed by atoms with E-state index in [0.29, 0.717) is 0 Å². The lowest BCUT2D eigenvalue weighted by Gasteiger charge is -2.26. The summed E-state index contributed by atoms with van der Waals surface area (Å²) in [5.74, 6) is 0. The second-order valence-corrected chi connectivity index (χ2v) is 13.7. The molecule has 1 nitrogen and oxygen atoms in total. The molecule has 0 N–H and O–H groups in total. The topological polar surface area (TPSA) is 3.24 Å². The van der Waals surface area contributed by atoms with E-state index in [4.69, 9.17) is 0 Å². The Hall–Kier alpha value is -6.96. The van der Waals surface area contributed by atoms with Crippen molar-refractivity contribution in [2.75, 3.05) is 4.90 Å². The second-order valence-electron chi connectivity index (χ2n) is 13.7. The van der Waals surface area contributed by atoms with Crippen LogP contribution in [0.1, 0.15) is 0 Å². The summed E-state index contributed by atoms with van der Waals surface area (Å²) in [4.78, 5) is 2.34. The van der Waals surface area contributed by atoms with E-state index >= 15 is 0 Å². The van der Waals surface area contributed by atoms with E-state index in [9.17, 15) is 0 Å². The van der Waals surface area contributed by atoms with Gasteiger partial charge in [-0.15, -0.1) is 0 Å². The molecule has 0 amide bonds. The van der Waals surface area contributed by atoms with Crippen LogP contribution in [0.15, 0.2) is 212 Å². The lowest BCUT2D eigenvalue weighted by atomic mass is 9.92. The van der Waals surface area contributed by atoms with Crippen LogP contribution in [0.2, 0.25) is 0 Å². The molecule has 0 unspecified atom stereocenters. The maximum absolute atomic E-state index is 2.35. The van der Waals surface area contributed by atoms with E-state index < -0.39 is 0 Å². The Bertz CT molecular complexity index is 2910. The van der Waals surface area contributed by atoms with Gasteiger partial charge in [-0.2, -0.15) is 0 Å². The minimum Gasteiger partial charge on any atom is -0.311 e. The Balaban J connectivity index is 1.01. The molecule has 0 aromatic heterocycles.